The maximum absolute atomic E-state index is 11.4. The highest BCUT2D eigenvalue weighted by molar-refractivity contribution is 8.01. The van der Waals surface area contributed by atoms with Crippen LogP contribution in [0.25, 0.3) is 0 Å². The molecule has 80 valence electrons. The number of fused-ring (bicyclic) bond motifs is 1. The monoisotopic (exact) mass is 241 g/mol. The summed E-state index contributed by atoms with van der Waals surface area (Å²) in [5, 5.41) is 7.36. The van der Waals surface area contributed by atoms with Crippen LogP contribution in [-0.4, -0.2) is 24.0 Å². The SMILES string of the molecule is CC(=O)N1CCSc2sc(C(=N)N)cc21. The Hall–Kier alpha value is -1.01. The quantitative estimate of drug-likeness (QED) is 0.578. The highest BCUT2D eigenvalue weighted by Crippen LogP contribution is 2.41. The zero-order valence-electron chi connectivity index (χ0n) is 8.24. The van der Waals surface area contributed by atoms with E-state index in [-0.39, 0.29) is 11.7 Å². The maximum atomic E-state index is 11.4. The molecule has 0 bridgehead atoms. The van der Waals surface area contributed by atoms with Crippen LogP contribution >= 0.6 is 23.1 Å². The second-order valence-electron chi connectivity index (χ2n) is 3.22. The standard InChI is InChI=1S/C9H11N3OS2/c1-5(13)12-2-3-14-9-6(12)4-7(15-9)8(10)11/h4H,2-3H2,1H3,(H3,10,11). The second-order valence-corrected chi connectivity index (χ2v) is 5.63. The molecule has 15 heavy (non-hydrogen) atoms. The van der Waals surface area contributed by atoms with Gasteiger partial charge in [0.05, 0.1) is 14.8 Å². The number of thiophene rings is 1. The summed E-state index contributed by atoms with van der Waals surface area (Å²) in [5.41, 5.74) is 6.34. The van der Waals surface area contributed by atoms with Crippen molar-refractivity contribution in [1.82, 2.24) is 0 Å². The van der Waals surface area contributed by atoms with Crippen LogP contribution in [0.15, 0.2) is 10.3 Å². The van der Waals surface area contributed by atoms with Crippen molar-refractivity contribution < 1.29 is 4.79 Å². The number of amidine groups is 1. The van der Waals surface area contributed by atoms with Crippen molar-refractivity contribution >= 4 is 40.5 Å². The van der Waals surface area contributed by atoms with Crippen molar-refractivity contribution in [2.45, 2.75) is 11.1 Å². The third kappa shape index (κ3) is 1.87. The predicted molar refractivity (Wildman–Crippen MR) is 64.1 cm³/mol. The molecule has 0 unspecified atom stereocenters. The largest absolute Gasteiger partial charge is 0.383 e. The number of carbonyl (C=O) groups is 1. The van der Waals surface area contributed by atoms with Crippen LogP contribution < -0.4 is 10.6 Å². The van der Waals surface area contributed by atoms with E-state index in [0.717, 1.165) is 27.1 Å². The Kier molecular flexibility index (Phi) is 2.70. The summed E-state index contributed by atoms with van der Waals surface area (Å²) in [4.78, 5) is 13.9. The molecule has 0 aliphatic carbocycles. The van der Waals surface area contributed by atoms with E-state index >= 15 is 0 Å². The molecule has 1 amide bonds. The molecule has 2 rings (SSSR count). The maximum Gasteiger partial charge on any atom is 0.223 e. The highest BCUT2D eigenvalue weighted by Gasteiger charge is 2.23. The Morgan fingerprint density at radius 1 is 1.67 bits per heavy atom. The van der Waals surface area contributed by atoms with Gasteiger partial charge in [0.15, 0.2) is 0 Å². The molecular formula is C9H11N3OS2. The molecule has 4 nitrogen and oxygen atoms in total. The van der Waals surface area contributed by atoms with Crippen LogP contribution in [0.2, 0.25) is 0 Å². The van der Waals surface area contributed by atoms with Crippen LogP contribution in [0.3, 0.4) is 0 Å². The van der Waals surface area contributed by atoms with Gasteiger partial charge in [0.1, 0.15) is 5.84 Å². The molecule has 0 radical (unpaired) electrons. The van der Waals surface area contributed by atoms with Crippen molar-refractivity contribution in [1.29, 1.82) is 5.41 Å². The molecular weight excluding hydrogens is 230 g/mol. The zero-order chi connectivity index (χ0) is 11.0. The Bertz CT molecular complexity index is 427. The van der Waals surface area contributed by atoms with Gasteiger partial charge in [0, 0.05) is 19.2 Å². The van der Waals surface area contributed by atoms with E-state index in [9.17, 15) is 4.79 Å². The first kappa shape index (κ1) is 10.5. The summed E-state index contributed by atoms with van der Waals surface area (Å²) in [7, 11) is 0. The lowest BCUT2D eigenvalue weighted by atomic mass is 10.3. The average Bonchev–Trinajstić information content (AvgIpc) is 2.60. The summed E-state index contributed by atoms with van der Waals surface area (Å²) in [6.45, 7) is 2.30. The number of rotatable bonds is 1. The van der Waals surface area contributed by atoms with Gasteiger partial charge < -0.3 is 10.6 Å². The third-order valence-electron chi connectivity index (χ3n) is 2.16. The first-order valence-electron chi connectivity index (χ1n) is 4.48. The highest BCUT2D eigenvalue weighted by atomic mass is 32.2. The Morgan fingerprint density at radius 2 is 2.40 bits per heavy atom. The van der Waals surface area contributed by atoms with Crippen molar-refractivity contribution in [2.75, 3.05) is 17.2 Å². The van der Waals surface area contributed by atoms with Gasteiger partial charge in [0.25, 0.3) is 0 Å². The van der Waals surface area contributed by atoms with Gasteiger partial charge in [-0.15, -0.1) is 23.1 Å². The van der Waals surface area contributed by atoms with Gasteiger partial charge in [-0.05, 0) is 6.07 Å². The zero-order valence-corrected chi connectivity index (χ0v) is 9.87. The van der Waals surface area contributed by atoms with E-state index in [2.05, 4.69) is 0 Å². The molecule has 0 spiro atoms. The molecule has 0 saturated carbocycles. The molecule has 1 aromatic heterocycles. The van der Waals surface area contributed by atoms with Crippen LogP contribution in [0, 0.1) is 5.41 Å². The van der Waals surface area contributed by atoms with Crippen LogP contribution in [0.1, 0.15) is 11.8 Å². The average molecular weight is 241 g/mol. The van der Waals surface area contributed by atoms with Crippen LogP contribution in [0.4, 0.5) is 5.69 Å². The fourth-order valence-corrected chi connectivity index (χ4v) is 3.75. The Labute approximate surface area is 96.0 Å². The number of nitrogen functional groups attached to an aromatic ring is 1. The number of thioether (sulfide) groups is 1. The molecule has 0 fully saturated rings. The van der Waals surface area contributed by atoms with E-state index in [1.807, 2.05) is 6.07 Å². The number of carbonyl (C=O) groups excluding carboxylic acids is 1. The molecule has 6 heteroatoms. The predicted octanol–water partition coefficient (Wildman–Crippen LogP) is 1.49. The number of nitrogens with zero attached hydrogens (tertiary/aromatic N) is 1. The van der Waals surface area contributed by atoms with Gasteiger partial charge in [-0.3, -0.25) is 10.2 Å². The van der Waals surface area contributed by atoms with Gasteiger partial charge in [-0.25, -0.2) is 0 Å². The summed E-state index contributed by atoms with van der Waals surface area (Å²) in [6, 6.07) is 1.83. The normalized spacial score (nSPS) is 14.9. The van der Waals surface area contributed by atoms with Gasteiger partial charge in [0.2, 0.25) is 5.91 Å². The number of anilines is 1. The van der Waals surface area contributed by atoms with Crippen LogP contribution in [-0.2, 0) is 4.79 Å². The van der Waals surface area contributed by atoms with Crippen molar-refractivity contribution in [3.05, 3.63) is 10.9 Å². The topological polar surface area (TPSA) is 70.2 Å². The van der Waals surface area contributed by atoms with Crippen LogP contribution in [0.5, 0.6) is 0 Å². The van der Waals surface area contributed by atoms with Crippen molar-refractivity contribution in [3.63, 3.8) is 0 Å². The minimum absolute atomic E-state index is 0.0458. The third-order valence-corrected chi connectivity index (χ3v) is 4.58. The Balaban J connectivity index is 2.43. The van der Waals surface area contributed by atoms with E-state index in [1.165, 1.54) is 11.3 Å². The van der Waals surface area contributed by atoms with Crippen molar-refractivity contribution in [2.24, 2.45) is 5.73 Å². The van der Waals surface area contributed by atoms with Crippen molar-refractivity contribution in [3.8, 4) is 0 Å². The van der Waals surface area contributed by atoms with Gasteiger partial charge >= 0.3 is 0 Å². The molecule has 1 aliphatic heterocycles. The molecule has 1 aromatic rings. The fraction of sp³-hybridized carbons (Fsp3) is 0.333. The van der Waals surface area contributed by atoms with E-state index < -0.39 is 0 Å². The minimum Gasteiger partial charge on any atom is -0.383 e. The number of hydrogen-bond acceptors (Lipinski definition) is 4. The minimum atomic E-state index is 0.0458. The number of nitrogens with two attached hydrogens (primary N) is 1. The lowest BCUT2D eigenvalue weighted by molar-refractivity contribution is -0.116. The van der Waals surface area contributed by atoms with E-state index in [1.54, 1.807) is 23.6 Å². The lowest BCUT2D eigenvalue weighted by Gasteiger charge is -2.24. The first-order chi connectivity index (χ1) is 7.09. The summed E-state index contributed by atoms with van der Waals surface area (Å²) in [6.07, 6.45) is 0. The Morgan fingerprint density at radius 3 is 3.00 bits per heavy atom. The number of hydrogen-bond donors (Lipinski definition) is 2. The lowest BCUT2D eigenvalue weighted by Crippen LogP contribution is -2.32. The second kappa shape index (κ2) is 3.86. The molecule has 0 saturated heterocycles. The molecule has 0 atom stereocenters. The van der Waals surface area contributed by atoms with E-state index in [4.69, 9.17) is 11.1 Å². The molecule has 2 heterocycles. The van der Waals surface area contributed by atoms with Gasteiger partial charge in [-0.2, -0.15) is 0 Å². The molecule has 3 N–H and O–H groups in total. The summed E-state index contributed by atoms with van der Waals surface area (Å²) >= 11 is 3.20. The van der Waals surface area contributed by atoms with Gasteiger partial charge in [-0.1, -0.05) is 0 Å². The number of nitrogens with one attached hydrogen (secondary N) is 1. The molecule has 1 aliphatic rings. The molecule has 0 aromatic carbocycles. The fourth-order valence-electron chi connectivity index (χ4n) is 1.47. The van der Waals surface area contributed by atoms with E-state index in [0.29, 0.717) is 0 Å². The smallest absolute Gasteiger partial charge is 0.223 e. The summed E-state index contributed by atoms with van der Waals surface area (Å²) in [5.74, 6) is 1.02. The number of amides is 1. The summed E-state index contributed by atoms with van der Waals surface area (Å²) < 4.78 is 1.08. The first-order valence-corrected chi connectivity index (χ1v) is 6.29.